The van der Waals surface area contributed by atoms with Gasteiger partial charge in [-0.1, -0.05) is 24.3 Å². The van der Waals surface area contributed by atoms with Crippen molar-refractivity contribution in [2.75, 3.05) is 5.32 Å². The first-order chi connectivity index (χ1) is 13.2. The van der Waals surface area contributed by atoms with Crippen molar-refractivity contribution in [3.05, 3.63) is 64.7 Å². The number of halogens is 7. The summed E-state index contributed by atoms with van der Waals surface area (Å²) in [6.07, 6.45) is -12.6. The third-order valence-electron chi connectivity index (χ3n) is 4.10. The number of benzene rings is 2. The van der Waals surface area contributed by atoms with Crippen molar-refractivity contribution in [2.24, 2.45) is 5.73 Å². The number of carbonyl (C=O) groups is 2. The molecule has 2 aromatic rings. The van der Waals surface area contributed by atoms with E-state index in [-0.39, 0.29) is 22.8 Å². The predicted octanol–water partition coefficient (Wildman–Crippen LogP) is 4.64. The number of aryl methyl sites for hydroxylation is 1. The van der Waals surface area contributed by atoms with Gasteiger partial charge < -0.3 is 11.1 Å². The van der Waals surface area contributed by atoms with E-state index in [2.05, 4.69) is 5.32 Å². The Morgan fingerprint density at radius 1 is 0.862 bits per heavy atom. The van der Waals surface area contributed by atoms with E-state index in [0.29, 0.717) is 6.07 Å². The van der Waals surface area contributed by atoms with E-state index >= 15 is 0 Å². The molecular weight excluding hydrogens is 409 g/mol. The second kappa shape index (κ2) is 7.37. The van der Waals surface area contributed by atoms with Crippen LogP contribution in [-0.2, 0) is 5.67 Å². The number of hydrogen-bond donors (Lipinski definition) is 2. The first-order valence-electron chi connectivity index (χ1n) is 7.84. The quantitative estimate of drug-likeness (QED) is 0.705. The lowest BCUT2D eigenvalue weighted by molar-refractivity contribution is -0.348. The van der Waals surface area contributed by atoms with Gasteiger partial charge in [0.1, 0.15) is 0 Å². The molecule has 0 unspecified atom stereocenters. The lowest BCUT2D eigenvalue weighted by Crippen LogP contribution is -2.50. The van der Waals surface area contributed by atoms with E-state index < -0.39 is 41.1 Å². The number of rotatable bonds is 4. The SMILES string of the molecule is Cc1ccc(C(F)(C(F)(F)F)C(F)(F)F)cc1NC(=O)c1ccccc1C(N)=O. The normalized spacial score (nSPS) is 12.6. The Kier molecular flexibility index (Phi) is 5.64. The van der Waals surface area contributed by atoms with Gasteiger partial charge in [0.2, 0.25) is 5.91 Å². The Hall–Kier alpha value is -3.11. The lowest BCUT2D eigenvalue weighted by Gasteiger charge is -2.30. The number of anilines is 1. The molecule has 0 spiro atoms. The highest BCUT2D eigenvalue weighted by atomic mass is 19.4. The third-order valence-corrected chi connectivity index (χ3v) is 4.10. The molecular formula is C18H13F7N2O2. The van der Waals surface area contributed by atoms with Crippen molar-refractivity contribution in [3.63, 3.8) is 0 Å². The summed E-state index contributed by atoms with van der Waals surface area (Å²) in [5.41, 5.74) is -3.17. The highest BCUT2D eigenvalue weighted by molar-refractivity contribution is 6.12. The average molecular weight is 422 g/mol. The number of carbonyl (C=O) groups excluding carboxylic acids is 2. The number of hydrogen-bond acceptors (Lipinski definition) is 2. The number of primary amides is 1. The van der Waals surface area contributed by atoms with Crippen LogP contribution in [-0.4, -0.2) is 24.2 Å². The molecule has 11 heteroatoms. The molecule has 4 nitrogen and oxygen atoms in total. The van der Waals surface area contributed by atoms with Crippen molar-refractivity contribution in [1.29, 1.82) is 0 Å². The highest BCUT2D eigenvalue weighted by Crippen LogP contribution is 2.53. The fourth-order valence-electron chi connectivity index (χ4n) is 2.54. The van der Waals surface area contributed by atoms with Gasteiger partial charge in [0, 0.05) is 11.3 Å². The van der Waals surface area contributed by atoms with E-state index in [1.807, 2.05) is 0 Å². The molecule has 0 aliphatic rings. The molecule has 0 saturated heterocycles. The van der Waals surface area contributed by atoms with Gasteiger partial charge in [0.25, 0.3) is 5.91 Å². The van der Waals surface area contributed by atoms with Gasteiger partial charge in [-0.05, 0) is 30.7 Å². The van der Waals surface area contributed by atoms with Crippen LogP contribution < -0.4 is 11.1 Å². The molecule has 0 saturated carbocycles. The Balaban J connectivity index is 2.52. The topological polar surface area (TPSA) is 72.2 Å². The van der Waals surface area contributed by atoms with E-state index in [9.17, 15) is 40.3 Å². The van der Waals surface area contributed by atoms with Crippen LogP contribution in [0.15, 0.2) is 42.5 Å². The standard InChI is InChI=1S/C18H13F7N2O2/c1-9-6-7-10(16(19,17(20,21)22)18(23,24)25)8-13(9)27-15(29)12-5-3-2-4-11(12)14(26)28/h2-8H,1H3,(H2,26,28)(H,27,29). The molecule has 0 aliphatic heterocycles. The molecule has 0 radical (unpaired) electrons. The monoisotopic (exact) mass is 422 g/mol. The second-order valence-corrected chi connectivity index (χ2v) is 6.05. The highest BCUT2D eigenvalue weighted by Gasteiger charge is 2.73. The van der Waals surface area contributed by atoms with E-state index in [1.54, 1.807) is 0 Å². The molecule has 2 aromatic carbocycles. The maximum absolute atomic E-state index is 14.3. The summed E-state index contributed by atoms with van der Waals surface area (Å²) in [5.74, 6) is -2.00. The molecule has 2 rings (SSSR count). The summed E-state index contributed by atoms with van der Waals surface area (Å²) in [6, 6.07) is 6.54. The van der Waals surface area contributed by atoms with Crippen LogP contribution in [0.1, 0.15) is 31.8 Å². The lowest BCUT2D eigenvalue weighted by atomic mass is 9.92. The Labute approximate surface area is 159 Å². The summed E-state index contributed by atoms with van der Waals surface area (Å²) >= 11 is 0. The molecule has 0 aliphatic carbocycles. The van der Waals surface area contributed by atoms with Crippen LogP contribution in [0, 0.1) is 6.92 Å². The van der Waals surface area contributed by atoms with E-state index in [0.717, 1.165) is 6.07 Å². The van der Waals surface area contributed by atoms with Gasteiger partial charge in [-0.25, -0.2) is 4.39 Å². The average Bonchev–Trinajstić information content (AvgIpc) is 2.60. The van der Waals surface area contributed by atoms with Gasteiger partial charge in [-0.15, -0.1) is 0 Å². The molecule has 0 atom stereocenters. The predicted molar refractivity (Wildman–Crippen MR) is 89.0 cm³/mol. The van der Waals surface area contributed by atoms with Gasteiger partial charge in [0.15, 0.2) is 0 Å². The smallest absolute Gasteiger partial charge is 0.366 e. The van der Waals surface area contributed by atoms with Gasteiger partial charge in [-0.2, -0.15) is 26.3 Å². The summed E-state index contributed by atoms with van der Waals surface area (Å²) in [6.45, 7) is 1.28. The van der Waals surface area contributed by atoms with Gasteiger partial charge in [-0.3, -0.25) is 9.59 Å². The zero-order chi connectivity index (χ0) is 22.2. The number of amides is 2. The summed E-state index contributed by atoms with van der Waals surface area (Å²) in [7, 11) is 0. The minimum absolute atomic E-state index is 0.0605. The number of alkyl halides is 7. The van der Waals surface area contributed by atoms with Crippen LogP contribution in [0.5, 0.6) is 0 Å². The first-order valence-corrected chi connectivity index (χ1v) is 7.84. The summed E-state index contributed by atoms with van der Waals surface area (Å²) < 4.78 is 92.0. The Morgan fingerprint density at radius 2 is 1.38 bits per heavy atom. The molecule has 0 heterocycles. The molecule has 0 bridgehead atoms. The summed E-state index contributed by atoms with van der Waals surface area (Å²) in [4.78, 5) is 23.8. The fraction of sp³-hybridized carbons (Fsp3) is 0.222. The molecule has 3 N–H and O–H groups in total. The van der Waals surface area contributed by atoms with Crippen LogP contribution in [0.3, 0.4) is 0 Å². The van der Waals surface area contributed by atoms with Gasteiger partial charge in [0.05, 0.1) is 11.1 Å². The van der Waals surface area contributed by atoms with Crippen LogP contribution >= 0.6 is 0 Å². The first kappa shape index (κ1) is 22.2. The largest absolute Gasteiger partial charge is 0.435 e. The number of nitrogens with one attached hydrogen (secondary N) is 1. The maximum Gasteiger partial charge on any atom is 0.435 e. The summed E-state index contributed by atoms with van der Waals surface area (Å²) in [5, 5.41) is 2.09. The van der Waals surface area contributed by atoms with Crippen molar-refractivity contribution >= 4 is 17.5 Å². The van der Waals surface area contributed by atoms with E-state index in [4.69, 9.17) is 5.73 Å². The maximum atomic E-state index is 14.3. The third kappa shape index (κ3) is 4.03. The van der Waals surface area contributed by atoms with Crippen molar-refractivity contribution in [3.8, 4) is 0 Å². The minimum Gasteiger partial charge on any atom is -0.366 e. The number of nitrogens with two attached hydrogens (primary N) is 1. The molecule has 0 aromatic heterocycles. The van der Waals surface area contributed by atoms with Gasteiger partial charge >= 0.3 is 18.0 Å². The van der Waals surface area contributed by atoms with Crippen molar-refractivity contribution in [2.45, 2.75) is 24.9 Å². The van der Waals surface area contributed by atoms with Crippen LogP contribution in [0.2, 0.25) is 0 Å². The van der Waals surface area contributed by atoms with Crippen LogP contribution in [0.25, 0.3) is 0 Å². The van der Waals surface area contributed by atoms with E-state index in [1.165, 1.54) is 31.2 Å². The fourth-order valence-corrected chi connectivity index (χ4v) is 2.54. The zero-order valence-electron chi connectivity index (χ0n) is 14.6. The van der Waals surface area contributed by atoms with Crippen molar-refractivity contribution in [1.82, 2.24) is 0 Å². The minimum atomic E-state index is -6.29. The van der Waals surface area contributed by atoms with Crippen molar-refractivity contribution < 1.29 is 40.3 Å². The molecule has 0 fully saturated rings. The zero-order valence-corrected chi connectivity index (χ0v) is 14.6. The molecule has 156 valence electrons. The second-order valence-electron chi connectivity index (χ2n) is 6.05. The molecule has 2 amide bonds. The van der Waals surface area contributed by atoms with Crippen LogP contribution in [0.4, 0.5) is 36.4 Å². The Bertz CT molecular complexity index is 938. The Morgan fingerprint density at radius 3 is 1.86 bits per heavy atom. The molecule has 29 heavy (non-hydrogen) atoms.